The van der Waals surface area contributed by atoms with Gasteiger partial charge in [0.2, 0.25) is 0 Å². The van der Waals surface area contributed by atoms with E-state index in [2.05, 4.69) is 4.98 Å². The largest absolute Gasteiger partial charge is 0.439 e. The summed E-state index contributed by atoms with van der Waals surface area (Å²) in [6.45, 7) is 2.86. The number of nitrogens with zero attached hydrogens (tertiary/aromatic N) is 1. The normalized spacial score (nSPS) is 12.6. The molecule has 2 N–H and O–H groups in total. The number of carbonyl (C=O) groups excluding carboxylic acids is 1. The molecule has 0 saturated carbocycles. The van der Waals surface area contributed by atoms with Crippen molar-refractivity contribution in [3.8, 4) is 0 Å². The van der Waals surface area contributed by atoms with E-state index in [-0.39, 0.29) is 10.7 Å². The lowest BCUT2D eigenvalue weighted by Gasteiger charge is -2.38. The average molecular weight is 460 g/mol. The first-order valence-electron chi connectivity index (χ1n) is 7.81. The summed E-state index contributed by atoms with van der Waals surface area (Å²) < 4.78 is 82.3. The van der Waals surface area contributed by atoms with Gasteiger partial charge in [-0.15, -0.1) is 0 Å². The topological polar surface area (TPSA) is 54.0 Å². The number of halogens is 8. The Morgan fingerprint density at radius 1 is 0.966 bits per heavy atom. The molecule has 1 aromatic heterocycles. The molecule has 2 rings (SSSR count). The van der Waals surface area contributed by atoms with Crippen LogP contribution in [0.4, 0.5) is 32.2 Å². The Morgan fingerprint density at radius 3 is 2.03 bits per heavy atom. The maximum absolute atomic E-state index is 13.7. The van der Waals surface area contributed by atoms with Crippen molar-refractivity contribution in [1.29, 1.82) is 0 Å². The first-order chi connectivity index (χ1) is 13.2. The highest BCUT2D eigenvalue weighted by molar-refractivity contribution is 6.36. The number of rotatable bonds is 4. The second-order valence-electron chi connectivity index (χ2n) is 6.12. The lowest BCUT2D eigenvalue weighted by molar-refractivity contribution is -0.294. The third-order valence-electron chi connectivity index (χ3n) is 3.74. The molecule has 2 aromatic rings. The van der Waals surface area contributed by atoms with Gasteiger partial charge in [-0.1, -0.05) is 23.2 Å². The zero-order chi connectivity index (χ0) is 22.2. The minimum absolute atomic E-state index is 0.0435. The minimum Gasteiger partial charge on any atom is -0.332 e. The minimum atomic E-state index is -5.99. The third-order valence-corrected chi connectivity index (χ3v) is 4.29. The molecule has 1 amide bonds. The lowest BCUT2D eigenvalue weighted by atomic mass is 10.1. The average Bonchev–Trinajstić information content (AvgIpc) is 2.50. The first-order valence-corrected chi connectivity index (χ1v) is 8.56. The van der Waals surface area contributed by atoms with Gasteiger partial charge in [-0.05, 0) is 49.7 Å². The SMILES string of the molecule is Cc1cc(C)nc(NC(NC(=O)c2ccc(Cl)cc2Cl)(C(F)(F)F)C(F)(F)F)c1. The van der Waals surface area contributed by atoms with Gasteiger partial charge in [0.1, 0.15) is 5.82 Å². The third kappa shape index (κ3) is 4.87. The van der Waals surface area contributed by atoms with Crippen LogP contribution in [0.3, 0.4) is 0 Å². The van der Waals surface area contributed by atoms with E-state index in [1.807, 2.05) is 0 Å². The van der Waals surface area contributed by atoms with Gasteiger partial charge in [-0.2, -0.15) is 26.3 Å². The molecule has 0 spiro atoms. The highest BCUT2D eigenvalue weighted by Gasteiger charge is 2.73. The van der Waals surface area contributed by atoms with Crippen LogP contribution in [0.25, 0.3) is 0 Å². The zero-order valence-electron chi connectivity index (χ0n) is 14.8. The molecule has 0 saturated heterocycles. The summed E-state index contributed by atoms with van der Waals surface area (Å²) in [7, 11) is 0. The monoisotopic (exact) mass is 459 g/mol. The van der Waals surface area contributed by atoms with E-state index >= 15 is 0 Å². The van der Waals surface area contributed by atoms with E-state index in [0.717, 1.165) is 29.6 Å². The van der Waals surface area contributed by atoms with Gasteiger partial charge in [-0.25, -0.2) is 4.98 Å². The Morgan fingerprint density at radius 2 is 1.55 bits per heavy atom. The van der Waals surface area contributed by atoms with Gasteiger partial charge in [-0.3, -0.25) is 4.79 Å². The molecule has 1 heterocycles. The molecule has 0 radical (unpaired) electrons. The van der Waals surface area contributed by atoms with Gasteiger partial charge < -0.3 is 10.6 Å². The summed E-state index contributed by atoms with van der Waals surface area (Å²) in [5, 5.41) is 1.96. The van der Waals surface area contributed by atoms with Crippen molar-refractivity contribution in [1.82, 2.24) is 10.3 Å². The van der Waals surface area contributed by atoms with E-state index in [9.17, 15) is 31.1 Å². The summed E-state index contributed by atoms with van der Waals surface area (Å²) in [5.74, 6) is -2.43. The molecular formula is C17H13Cl2F6N3O. The number of nitrogens with one attached hydrogen (secondary N) is 2. The second-order valence-corrected chi connectivity index (χ2v) is 6.96. The molecule has 12 heteroatoms. The van der Waals surface area contributed by atoms with E-state index < -0.39 is 40.3 Å². The predicted octanol–water partition coefficient (Wildman–Crippen LogP) is 5.67. The van der Waals surface area contributed by atoms with Gasteiger partial charge in [0.15, 0.2) is 0 Å². The van der Waals surface area contributed by atoms with Crippen molar-refractivity contribution >= 4 is 34.9 Å². The van der Waals surface area contributed by atoms with Crippen LogP contribution < -0.4 is 10.6 Å². The quantitative estimate of drug-likeness (QED) is 0.457. The van der Waals surface area contributed by atoms with Crippen LogP contribution in [-0.4, -0.2) is 28.9 Å². The van der Waals surface area contributed by atoms with Crippen LogP contribution >= 0.6 is 23.2 Å². The smallest absolute Gasteiger partial charge is 0.332 e. The van der Waals surface area contributed by atoms with Crippen LogP contribution in [0.5, 0.6) is 0 Å². The number of hydrogen-bond donors (Lipinski definition) is 2. The molecule has 29 heavy (non-hydrogen) atoms. The van der Waals surface area contributed by atoms with Crippen molar-refractivity contribution in [2.24, 2.45) is 0 Å². The number of pyridine rings is 1. The molecule has 0 atom stereocenters. The number of alkyl halides is 6. The Bertz CT molecular complexity index is 896. The second kappa shape index (κ2) is 7.91. The standard InChI is InChI=1S/C17H13Cl2F6N3O/c1-8-5-9(2)26-13(6-8)27-15(16(20,21)22,17(23,24)25)28-14(29)11-4-3-10(18)7-12(11)19/h3-7H,1-2H3,(H,26,27)(H,28,29). The first kappa shape index (κ1) is 23.1. The van der Waals surface area contributed by atoms with Gasteiger partial charge in [0, 0.05) is 10.7 Å². The Kier molecular flexibility index (Phi) is 6.29. The van der Waals surface area contributed by atoms with Crippen molar-refractivity contribution in [2.75, 3.05) is 5.32 Å². The van der Waals surface area contributed by atoms with Crippen LogP contribution in [0, 0.1) is 13.8 Å². The van der Waals surface area contributed by atoms with E-state index in [4.69, 9.17) is 23.2 Å². The zero-order valence-corrected chi connectivity index (χ0v) is 16.3. The maximum Gasteiger partial charge on any atom is 0.439 e. The highest BCUT2D eigenvalue weighted by atomic mass is 35.5. The molecule has 0 aliphatic heterocycles. The summed E-state index contributed by atoms with van der Waals surface area (Å²) >= 11 is 11.4. The fourth-order valence-corrected chi connectivity index (χ4v) is 2.98. The van der Waals surface area contributed by atoms with E-state index in [1.54, 1.807) is 0 Å². The fraction of sp³-hybridized carbons (Fsp3) is 0.294. The van der Waals surface area contributed by atoms with Crippen molar-refractivity contribution < 1.29 is 31.1 Å². The van der Waals surface area contributed by atoms with Crippen LogP contribution in [0.2, 0.25) is 10.0 Å². The predicted molar refractivity (Wildman–Crippen MR) is 96.1 cm³/mol. The fourth-order valence-electron chi connectivity index (χ4n) is 2.48. The molecule has 0 aliphatic rings. The molecule has 0 fully saturated rings. The molecular weight excluding hydrogens is 447 g/mol. The Hall–Kier alpha value is -2.20. The number of aromatic nitrogens is 1. The van der Waals surface area contributed by atoms with Gasteiger partial charge in [0.05, 0.1) is 10.6 Å². The highest BCUT2D eigenvalue weighted by Crippen LogP contribution is 2.43. The van der Waals surface area contributed by atoms with E-state index in [0.29, 0.717) is 5.56 Å². The van der Waals surface area contributed by atoms with Gasteiger partial charge in [0.25, 0.3) is 5.91 Å². The Balaban J connectivity index is 2.58. The molecule has 0 bridgehead atoms. The van der Waals surface area contributed by atoms with Crippen LogP contribution in [0.1, 0.15) is 21.6 Å². The number of hydrogen-bond acceptors (Lipinski definition) is 3. The number of aryl methyl sites for hydroxylation is 2. The number of amides is 1. The molecule has 158 valence electrons. The van der Waals surface area contributed by atoms with Crippen molar-refractivity contribution in [3.05, 3.63) is 57.2 Å². The number of carbonyl (C=O) groups is 1. The number of benzene rings is 1. The van der Waals surface area contributed by atoms with Crippen molar-refractivity contribution in [2.45, 2.75) is 31.9 Å². The summed E-state index contributed by atoms with van der Waals surface area (Å²) in [5.41, 5.74) is -4.90. The molecule has 0 unspecified atom stereocenters. The summed E-state index contributed by atoms with van der Waals surface area (Å²) in [6, 6.07) is 5.47. The van der Waals surface area contributed by atoms with Crippen LogP contribution in [0.15, 0.2) is 30.3 Å². The van der Waals surface area contributed by atoms with Gasteiger partial charge >= 0.3 is 18.0 Å². The molecule has 4 nitrogen and oxygen atoms in total. The van der Waals surface area contributed by atoms with Crippen molar-refractivity contribution in [3.63, 3.8) is 0 Å². The number of anilines is 1. The summed E-state index contributed by atoms with van der Waals surface area (Å²) in [4.78, 5) is 16.0. The Labute approximate surface area is 171 Å². The molecule has 0 aliphatic carbocycles. The lowest BCUT2D eigenvalue weighted by Crippen LogP contribution is -2.72. The van der Waals surface area contributed by atoms with E-state index in [1.165, 1.54) is 25.2 Å². The summed E-state index contributed by atoms with van der Waals surface area (Å²) in [6.07, 6.45) is -12.0. The van der Waals surface area contributed by atoms with Crippen LogP contribution in [-0.2, 0) is 0 Å². The molecule has 1 aromatic carbocycles. The maximum atomic E-state index is 13.7.